The van der Waals surface area contributed by atoms with E-state index in [1.54, 1.807) is 24.3 Å². The molecule has 5 nitrogen and oxygen atoms in total. The van der Waals surface area contributed by atoms with Crippen LogP contribution in [0.25, 0.3) is 0 Å². The van der Waals surface area contributed by atoms with E-state index in [9.17, 15) is 13.2 Å². The van der Waals surface area contributed by atoms with Gasteiger partial charge in [-0.15, -0.1) is 24.0 Å². The molecule has 2 aliphatic rings. The molecule has 3 rings (SSSR count). The number of hydrogen-bond acceptors (Lipinski definition) is 3. The fourth-order valence-electron chi connectivity index (χ4n) is 3.54. The van der Waals surface area contributed by atoms with Crippen LogP contribution in [0, 0.1) is 5.41 Å². The van der Waals surface area contributed by atoms with Gasteiger partial charge in [0.1, 0.15) is 5.75 Å². The number of benzene rings is 1. The van der Waals surface area contributed by atoms with Gasteiger partial charge < -0.3 is 19.7 Å². The molecule has 1 atom stereocenters. The number of ether oxygens (including phenoxy) is 2. The lowest BCUT2D eigenvalue weighted by Crippen LogP contribution is -2.41. The number of halogens is 4. The zero-order chi connectivity index (χ0) is 19.3. The highest BCUT2D eigenvalue weighted by molar-refractivity contribution is 14.0. The molecule has 9 heteroatoms. The SMILES string of the molecule is CCNC(=NCc1ccc(OCC(F)(F)F)cc1)N1CCC2(CCOC2)C1.I. The van der Waals surface area contributed by atoms with Gasteiger partial charge >= 0.3 is 6.18 Å². The van der Waals surface area contributed by atoms with E-state index < -0.39 is 12.8 Å². The van der Waals surface area contributed by atoms with Gasteiger partial charge in [-0.2, -0.15) is 13.2 Å². The molecule has 0 radical (unpaired) electrons. The number of aliphatic imine (C=N–C) groups is 1. The minimum Gasteiger partial charge on any atom is -0.484 e. The second kappa shape index (κ2) is 10.00. The molecule has 0 amide bonds. The largest absolute Gasteiger partial charge is 0.484 e. The molecular formula is C19H27F3IN3O2. The Labute approximate surface area is 180 Å². The monoisotopic (exact) mass is 513 g/mol. The maximum Gasteiger partial charge on any atom is 0.422 e. The van der Waals surface area contributed by atoms with E-state index in [0.717, 1.165) is 57.2 Å². The van der Waals surface area contributed by atoms with E-state index in [-0.39, 0.29) is 35.1 Å². The Hall–Kier alpha value is -1.23. The number of guanidine groups is 1. The predicted octanol–water partition coefficient (Wildman–Crippen LogP) is 3.82. The van der Waals surface area contributed by atoms with Crippen molar-refractivity contribution in [3.8, 4) is 5.75 Å². The van der Waals surface area contributed by atoms with Gasteiger partial charge in [-0.3, -0.25) is 0 Å². The first-order valence-corrected chi connectivity index (χ1v) is 9.29. The van der Waals surface area contributed by atoms with Crippen LogP contribution in [0.5, 0.6) is 5.75 Å². The minimum absolute atomic E-state index is 0. The average molecular weight is 513 g/mol. The first kappa shape index (κ1) is 23.1. The molecule has 2 saturated heterocycles. The maximum absolute atomic E-state index is 12.2. The summed E-state index contributed by atoms with van der Waals surface area (Å²) in [4.78, 5) is 6.98. The molecule has 0 saturated carbocycles. The third kappa shape index (κ3) is 6.40. The van der Waals surface area contributed by atoms with Gasteiger partial charge in [0.15, 0.2) is 12.6 Å². The Morgan fingerprint density at radius 1 is 1.29 bits per heavy atom. The normalized spacial score (nSPS) is 22.4. The summed E-state index contributed by atoms with van der Waals surface area (Å²) in [7, 11) is 0. The number of nitrogens with one attached hydrogen (secondary N) is 1. The maximum atomic E-state index is 12.2. The van der Waals surface area contributed by atoms with Gasteiger partial charge in [0.05, 0.1) is 13.2 Å². The van der Waals surface area contributed by atoms with Crippen molar-refractivity contribution in [3.63, 3.8) is 0 Å². The summed E-state index contributed by atoms with van der Waals surface area (Å²) in [5.74, 6) is 1.08. The fourth-order valence-corrected chi connectivity index (χ4v) is 3.54. The second-order valence-electron chi connectivity index (χ2n) is 7.19. The predicted molar refractivity (Wildman–Crippen MR) is 112 cm³/mol. The lowest BCUT2D eigenvalue weighted by atomic mass is 9.87. The third-order valence-electron chi connectivity index (χ3n) is 4.99. The smallest absolute Gasteiger partial charge is 0.422 e. The molecule has 1 N–H and O–H groups in total. The Bertz CT molecular complexity index is 647. The van der Waals surface area contributed by atoms with Gasteiger partial charge in [0, 0.05) is 31.7 Å². The molecule has 1 spiro atoms. The highest BCUT2D eigenvalue weighted by atomic mass is 127. The zero-order valence-electron chi connectivity index (χ0n) is 15.9. The van der Waals surface area contributed by atoms with Gasteiger partial charge in [-0.25, -0.2) is 4.99 Å². The summed E-state index contributed by atoms with van der Waals surface area (Å²) in [6, 6.07) is 6.58. The molecule has 2 heterocycles. The van der Waals surface area contributed by atoms with Crippen molar-refractivity contribution in [2.75, 3.05) is 39.5 Å². The van der Waals surface area contributed by atoms with Crippen LogP contribution >= 0.6 is 24.0 Å². The van der Waals surface area contributed by atoms with Crippen molar-refractivity contribution in [1.29, 1.82) is 0 Å². The summed E-state index contributed by atoms with van der Waals surface area (Å²) < 4.78 is 46.9. The minimum atomic E-state index is -4.33. The molecule has 2 aliphatic heterocycles. The van der Waals surface area contributed by atoms with Crippen LogP contribution in [-0.4, -0.2) is 56.5 Å². The van der Waals surface area contributed by atoms with Crippen molar-refractivity contribution >= 4 is 29.9 Å². The lowest BCUT2D eigenvalue weighted by molar-refractivity contribution is -0.153. The molecule has 1 aromatic rings. The highest BCUT2D eigenvalue weighted by Crippen LogP contribution is 2.38. The number of alkyl halides is 3. The zero-order valence-corrected chi connectivity index (χ0v) is 18.3. The quantitative estimate of drug-likeness (QED) is 0.370. The van der Waals surface area contributed by atoms with Crippen LogP contribution in [0.15, 0.2) is 29.3 Å². The molecule has 1 aromatic carbocycles. The van der Waals surface area contributed by atoms with Crippen LogP contribution in [-0.2, 0) is 11.3 Å². The number of hydrogen-bond donors (Lipinski definition) is 1. The van der Waals surface area contributed by atoms with Crippen molar-refractivity contribution < 1.29 is 22.6 Å². The van der Waals surface area contributed by atoms with Gasteiger partial charge in [0.2, 0.25) is 0 Å². The Kier molecular flexibility index (Phi) is 8.23. The van der Waals surface area contributed by atoms with Crippen molar-refractivity contribution in [2.45, 2.75) is 32.5 Å². The van der Waals surface area contributed by atoms with Gasteiger partial charge in [-0.05, 0) is 37.5 Å². The molecule has 158 valence electrons. The Balaban J connectivity index is 0.00000280. The van der Waals surface area contributed by atoms with E-state index >= 15 is 0 Å². The highest BCUT2D eigenvalue weighted by Gasteiger charge is 2.42. The summed E-state index contributed by atoms with van der Waals surface area (Å²) in [6.45, 7) is 5.56. The summed E-state index contributed by atoms with van der Waals surface area (Å²) in [5.41, 5.74) is 1.18. The number of likely N-dealkylation sites (tertiary alicyclic amines) is 1. The van der Waals surface area contributed by atoms with Crippen LogP contribution < -0.4 is 10.1 Å². The van der Waals surface area contributed by atoms with Crippen molar-refractivity contribution in [3.05, 3.63) is 29.8 Å². The first-order valence-electron chi connectivity index (χ1n) is 9.29. The Morgan fingerprint density at radius 2 is 2.04 bits per heavy atom. The fraction of sp³-hybridized carbons (Fsp3) is 0.632. The first-order chi connectivity index (χ1) is 12.9. The molecule has 0 aromatic heterocycles. The van der Waals surface area contributed by atoms with Crippen LogP contribution in [0.3, 0.4) is 0 Å². The summed E-state index contributed by atoms with van der Waals surface area (Å²) in [6.07, 6.45) is -2.12. The second-order valence-corrected chi connectivity index (χ2v) is 7.19. The van der Waals surface area contributed by atoms with E-state index in [2.05, 4.69) is 10.2 Å². The molecule has 2 fully saturated rings. The molecule has 1 unspecified atom stereocenters. The van der Waals surface area contributed by atoms with Crippen LogP contribution in [0.4, 0.5) is 13.2 Å². The summed E-state index contributed by atoms with van der Waals surface area (Å²) in [5, 5.41) is 3.33. The van der Waals surface area contributed by atoms with E-state index in [4.69, 9.17) is 14.5 Å². The van der Waals surface area contributed by atoms with Crippen molar-refractivity contribution in [2.24, 2.45) is 10.4 Å². The third-order valence-corrected chi connectivity index (χ3v) is 4.99. The van der Waals surface area contributed by atoms with Crippen LogP contribution in [0.2, 0.25) is 0 Å². The number of rotatable bonds is 5. The van der Waals surface area contributed by atoms with Crippen molar-refractivity contribution in [1.82, 2.24) is 10.2 Å². The molecule has 28 heavy (non-hydrogen) atoms. The molecular weight excluding hydrogens is 486 g/mol. The average Bonchev–Trinajstić information content (AvgIpc) is 3.27. The van der Waals surface area contributed by atoms with E-state index in [1.807, 2.05) is 6.92 Å². The van der Waals surface area contributed by atoms with E-state index in [1.165, 1.54) is 0 Å². The molecule has 0 aliphatic carbocycles. The number of nitrogens with zero attached hydrogens (tertiary/aromatic N) is 2. The van der Waals surface area contributed by atoms with Gasteiger partial charge in [-0.1, -0.05) is 12.1 Å². The standard InChI is InChI=1S/C19H26F3N3O2.HI/c1-2-23-17(25-9-7-18(12-25)8-10-26-13-18)24-11-15-3-5-16(6-4-15)27-14-19(20,21)22;/h3-6H,2,7-14H2,1H3,(H,23,24);1H. The summed E-state index contributed by atoms with van der Waals surface area (Å²) >= 11 is 0. The Morgan fingerprint density at radius 3 is 2.64 bits per heavy atom. The van der Waals surface area contributed by atoms with Crippen LogP contribution in [0.1, 0.15) is 25.3 Å². The van der Waals surface area contributed by atoms with E-state index in [0.29, 0.717) is 6.54 Å². The molecule has 0 bridgehead atoms. The topological polar surface area (TPSA) is 46.1 Å². The lowest BCUT2D eigenvalue weighted by Gasteiger charge is -2.25. The van der Waals surface area contributed by atoms with Gasteiger partial charge in [0.25, 0.3) is 0 Å².